The first-order chi connectivity index (χ1) is 8.39. The predicted octanol–water partition coefficient (Wildman–Crippen LogP) is 1.11. The number of rotatable bonds is 2. The summed E-state index contributed by atoms with van der Waals surface area (Å²) in [4.78, 5) is 13.1. The molecular formula is C11H15FN2O3S. The fraction of sp³-hybridized carbons (Fsp3) is 0.818. The largest absolute Gasteiger partial charge is 0.322 e. The van der Waals surface area contributed by atoms with Crippen LogP contribution in [-0.2, 0) is 15.0 Å². The minimum atomic E-state index is -4.71. The van der Waals surface area contributed by atoms with Gasteiger partial charge in [0.05, 0.1) is 6.07 Å². The molecule has 1 unspecified atom stereocenters. The van der Waals surface area contributed by atoms with Crippen LogP contribution in [0.5, 0.6) is 0 Å². The number of nitrogens with zero attached hydrogens (tertiary/aromatic N) is 2. The van der Waals surface area contributed by atoms with Gasteiger partial charge in [0, 0.05) is 13.0 Å². The molecule has 0 aromatic heterocycles. The van der Waals surface area contributed by atoms with E-state index < -0.39 is 26.9 Å². The Hall–Kier alpha value is -1.16. The van der Waals surface area contributed by atoms with E-state index in [-0.39, 0.29) is 13.0 Å². The van der Waals surface area contributed by atoms with Crippen LogP contribution in [-0.4, -0.2) is 36.6 Å². The molecule has 1 aliphatic heterocycles. The van der Waals surface area contributed by atoms with Crippen molar-refractivity contribution in [3.8, 4) is 6.07 Å². The van der Waals surface area contributed by atoms with Gasteiger partial charge in [0.1, 0.15) is 10.8 Å². The number of likely N-dealkylation sites (tertiary alicyclic amines) is 1. The van der Waals surface area contributed by atoms with Crippen LogP contribution in [0.3, 0.4) is 0 Å². The van der Waals surface area contributed by atoms with E-state index in [0.29, 0.717) is 12.8 Å². The molecule has 2 fully saturated rings. The maximum atomic E-state index is 12.9. The number of amides is 1. The van der Waals surface area contributed by atoms with Crippen LogP contribution in [0.2, 0.25) is 0 Å². The summed E-state index contributed by atoms with van der Waals surface area (Å²) in [6, 6.07) is 2.15. The molecule has 0 N–H and O–H groups in total. The molecule has 1 heterocycles. The van der Waals surface area contributed by atoms with Gasteiger partial charge in [0.2, 0.25) is 5.91 Å². The SMILES string of the molecule is N#CC1(N2CC(S(=O)(=O)F)CC2=O)CCCCC1. The van der Waals surface area contributed by atoms with Gasteiger partial charge >= 0.3 is 10.2 Å². The molecule has 18 heavy (non-hydrogen) atoms. The molecule has 5 nitrogen and oxygen atoms in total. The van der Waals surface area contributed by atoms with Gasteiger partial charge in [0.15, 0.2) is 0 Å². The van der Waals surface area contributed by atoms with Gasteiger partial charge < -0.3 is 4.90 Å². The highest BCUT2D eigenvalue weighted by atomic mass is 32.3. The van der Waals surface area contributed by atoms with Gasteiger partial charge in [-0.25, -0.2) is 0 Å². The summed E-state index contributed by atoms with van der Waals surface area (Å²) < 4.78 is 34.7. The van der Waals surface area contributed by atoms with Gasteiger partial charge in [-0.15, -0.1) is 3.89 Å². The van der Waals surface area contributed by atoms with Crippen molar-refractivity contribution in [3.63, 3.8) is 0 Å². The monoisotopic (exact) mass is 274 g/mol. The van der Waals surface area contributed by atoms with Crippen molar-refractivity contribution in [2.24, 2.45) is 0 Å². The van der Waals surface area contributed by atoms with Crippen LogP contribution in [0.4, 0.5) is 3.89 Å². The first-order valence-corrected chi connectivity index (χ1v) is 7.49. The molecular weight excluding hydrogens is 259 g/mol. The number of nitriles is 1. The molecule has 7 heteroatoms. The predicted molar refractivity (Wildman–Crippen MR) is 61.6 cm³/mol. The highest BCUT2D eigenvalue weighted by molar-refractivity contribution is 7.87. The maximum Gasteiger partial charge on any atom is 0.307 e. The van der Waals surface area contributed by atoms with Crippen LogP contribution in [0, 0.1) is 11.3 Å². The molecule has 1 saturated heterocycles. The lowest BCUT2D eigenvalue weighted by molar-refractivity contribution is -0.132. The van der Waals surface area contributed by atoms with E-state index in [0.717, 1.165) is 19.3 Å². The molecule has 2 aliphatic rings. The van der Waals surface area contributed by atoms with Crippen molar-refractivity contribution in [1.82, 2.24) is 4.90 Å². The Morgan fingerprint density at radius 2 is 1.94 bits per heavy atom. The van der Waals surface area contributed by atoms with Crippen LogP contribution in [0.25, 0.3) is 0 Å². The van der Waals surface area contributed by atoms with Crippen LogP contribution in [0.15, 0.2) is 0 Å². The summed E-state index contributed by atoms with van der Waals surface area (Å²) in [7, 11) is -4.71. The molecule has 1 atom stereocenters. The highest BCUT2D eigenvalue weighted by Crippen LogP contribution is 2.37. The third-order valence-electron chi connectivity index (χ3n) is 3.89. The second-order valence-electron chi connectivity index (χ2n) is 5.01. The topological polar surface area (TPSA) is 78.2 Å². The lowest BCUT2D eigenvalue weighted by Gasteiger charge is -2.39. The fourth-order valence-electron chi connectivity index (χ4n) is 2.86. The van der Waals surface area contributed by atoms with E-state index in [1.54, 1.807) is 0 Å². The smallest absolute Gasteiger partial charge is 0.307 e. The van der Waals surface area contributed by atoms with Gasteiger partial charge in [-0.3, -0.25) is 4.79 Å². The fourth-order valence-corrected chi connectivity index (χ4v) is 3.52. The van der Waals surface area contributed by atoms with E-state index in [1.807, 2.05) is 0 Å². The zero-order chi connectivity index (χ0) is 13.4. The first kappa shape index (κ1) is 13.3. The minimum absolute atomic E-state index is 0.189. The second-order valence-corrected chi connectivity index (χ2v) is 6.63. The summed E-state index contributed by atoms with van der Waals surface area (Å²) in [5.74, 6) is -0.426. The van der Waals surface area contributed by atoms with Crippen molar-refractivity contribution < 1.29 is 17.1 Å². The number of carbonyl (C=O) groups excluding carboxylic acids is 1. The van der Waals surface area contributed by atoms with Crippen molar-refractivity contribution in [1.29, 1.82) is 5.26 Å². The van der Waals surface area contributed by atoms with Crippen molar-refractivity contribution >= 4 is 16.1 Å². The van der Waals surface area contributed by atoms with Gasteiger partial charge in [-0.2, -0.15) is 13.7 Å². The Bertz CT molecular complexity index is 491. The van der Waals surface area contributed by atoms with Crippen LogP contribution < -0.4 is 0 Å². The van der Waals surface area contributed by atoms with Gasteiger partial charge in [0.25, 0.3) is 0 Å². The molecule has 1 aliphatic carbocycles. The standard InChI is InChI=1S/C11H15FN2O3S/c12-18(16,17)9-6-10(15)14(7-9)11(8-13)4-2-1-3-5-11/h9H,1-7H2. The quantitative estimate of drug-likeness (QED) is 0.707. The summed E-state index contributed by atoms with van der Waals surface area (Å²) in [6.07, 6.45) is 3.44. The highest BCUT2D eigenvalue weighted by Gasteiger charge is 2.48. The van der Waals surface area contributed by atoms with Crippen LogP contribution in [0.1, 0.15) is 38.5 Å². The van der Waals surface area contributed by atoms with Crippen LogP contribution >= 0.6 is 0 Å². The maximum absolute atomic E-state index is 12.9. The summed E-state index contributed by atoms with van der Waals surface area (Å²) in [6.45, 7) is -0.189. The molecule has 1 amide bonds. The molecule has 0 spiro atoms. The number of hydrogen-bond donors (Lipinski definition) is 0. The Morgan fingerprint density at radius 1 is 1.33 bits per heavy atom. The average molecular weight is 274 g/mol. The summed E-state index contributed by atoms with van der Waals surface area (Å²) >= 11 is 0. The number of halogens is 1. The summed E-state index contributed by atoms with van der Waals surface area (Å²) in [5.41, 5.74) is -0.922. The molecule has 0 bridgehead atoms. The van der Waals surface area contributed by atoms with E-state index in [2.05, 4.69) is 6.07 Å². The average Bonchev–Trinajstić information content (AvgIpc) is 2.73. The normalized spacial score (nSPS) is 28.1. The van der Waals surface area contributed by atoms with Gasteiger partial charge in [-0.1, -0.05) is 19.3 Å². The Kier molecular flexibility index (Phi) is 3.32. The zero-order valence-electron chi connectivity index (χ0n) is 9.93. The zero-order valence-corrected chi connectivity index (χ0v) is 10.7. The van der Waals surface area contributed by atoms with Crippen molar-refractivity contribution in [2.45, 2.75) is 49.3 Å². The third kappa shape index (κ3) is 2.21. The van der Waals surface area contributed by atoms with Crippen molar-refractivity contribution in [3.05, 3.63) is 0 Å². The third-order valence-corrected chi connectivity index (χ3v) is 5.01. The Morgan fingerprint density at radius 3 is 2.39 bits per heavy atom. The molecule has 0 aromatic carbocycles. The molecule has 100 valence electrons. The minimum Gasteiger partial charge on any atom is -0.322 e. The Labute approximate surface area is 106 Å². The first-order valence-electron chi connectivity index (χ1n) is 6.04. The number of carbonyl (C=O) groups is 1. The Balaban J connectivity index is 2.23. The van der Waals surface area contributed by atoms with E-state index in [4.69, 9.17) is 0 Å². The van der Waals surface area contributed by atoms with Gasteiger partial charge in [-0.05, 0) is 12.8 Å². The van der Waals surface area contributed by atoms with E-state index in [9.17, 15) is 22.4 Å². The molecule has 0 aromatic rings. The number of hydrogen-bond acceptors (Lipinski definition) is 4. The second kappa shape index (κ2) is 4.50. The lowest BCUT2D eigenvalue weighted by atomic mass is 9.81. The molecule has 2 rings (SSSR count). The van der Waals surface area contributed by atoms with E-state index >= 15 is 0 Å². The lowest BCUT2D eigenvalue weighted by Crippen LogP contribution is -2.50. The van der Waals surface area contributed by atoms with Crippen molar-refractivity contribution in [2.75, 3.05) is 6.54 Å². The molecule has 1 saturated carbocycles. The van der Waals surface area contributed by atoms with E-state index in [1.165, 1.54) is 4.90 Å². The molecule has 0 radical (unpaired) electrons. The summed E-state index contributed by atoms with van der Waals surface area (Å²) in [5, 5.41) is 8.01.